The van der Waals surface area contributed by atoms with Crippen LogP contribution >= 0.6 is 11.3 Å². The van der Waals surface area contributed by atoms with Crippen molar-refractivity contribution in [2.45, 2.75) is 26.8 Å². The molecule has 0 bridgehead atoms. The number of anilines is 1. The molecule has 0 fully saturated rings. The van der Waals surface area contributed by atoms with Crippen LogP contribution in [0, 0.1) is 25.2 Å². The van der Waals surface area contributed by atoms with Gasteiger partial charge < -0.3 is 5.32 Å². The highest BCUT2D eigenvalue weighted by Crippen LogP contribution is 2.28. The minimum Gasteiger partial charge on any atom is -0.364 e. The molecule has 116 valence electrons. The number of hydrogen-bond acceptors (Lipinski definition) is 5. The molecule has 1 atom stereocenters. The summed E-state index contributed by atoms with van der Waals surface area (Å²) in [5, 5.41) is 12.4. The molecule has 0 aliphatic rings. The van der Waals surface area contributed by atoms with Gasteiger partial charge in [0.15, 0.2) is 5.56 Å². The molecule has 6 nitrogen and oxygen atoms in total. The van der Waals surface area contributed by atoms with Gasteiger partial charge in [0, 0.05) is 23.8 Å². The summed E-state index contributed by atoms with van der Waals surface area (Å²) in [6.45, 7) is 6.00. The van der Waals surface area contributed by atoms with Crippen LogP contribution in [0.25, 0.3) is 0 Å². The van der Waals surface area contributed by atoms with Crippen LogP contribution in [0.3, 0.4) is 0 Å². The molecule has 2 aromatic heterocycles. The maximum Gasteiger partial charge on any atom is 0.332 e. The Morgan fingerprint density at radius 3 is 2.41 bits per heavy atom. The highest BCUT2D eigenvalue weighted by atomic mass is 32.1. The van der Waals surface area contributed by atoms with Crippen molar-refractivity contribution < 1.29 is 0 Å². The van der Waals surface area contributed by atoms with Crippen LogP contribution in [-0.2, 0) is 14.1 Å². The molecule has 7 heteroatoms. The highest BCUT2D eigenvalue weighted by Gasteiger charge is 2.19. The predicted octanol–water partition coefficient (Wildman–Crippen LogP) is 1.81. The van der Waals surface area contributed by atoms with Crippen LogP contribution in [0.1, 0.15) is 33.8 Å². The van der Waals surface area contributed by atoms with Gasteiger partial charge in [0.25, 0.3) is 5.56 Å². The van der Waals surface area contributed by atoms with E-state index >= 15 is 0 Å². The minimum atomic E-state index is -0.585. The summed E-state index contributed by atoms with van der Waals surface area (Å²) in [6.07, 6.45) is 0. The van der Waals surface area contributed by atoms with Gasteiger partial charge in [-0.05, 0) is 32.4 Å². The SMILES string of the molecule is Cc1cc([C@H](C)Nc2c(C#N)c(=O)n(C)c(=O)n2C)c(C)s1. The van der Waals surface area contributed by atoms with E-state index in [0.29, 0.717) is 0 Å². The summed E-state index contributed by atoms with van der Waals surface area (Å²) >= 11 is 1.69. The summed E-state index contributed by atoms with van der Waals surface area (Å²) < 4.78 is 2.24. The van der Waals surface area contributed by atoms with Crippen LogP contribution in [-0.4, -0.2) is 9.13 Å². The Labute approximate surface area is 132 Å². The number of aromatic nitrogens is 2. The third-order valence-corrected chi connectivity index (χ3v) is 4.66. The number of aryl methyl sites for hydroxylation is 2. The Morgan fingerprint density at radius 1 is 1.27 bits per heavy atom. The molecule has 2 rings (SSSR count). The van der Waals surface area contributed by atoms with Crippen molar-refractivity contribution in [2.24, 2.45) is 14.1 Å². The second-order valence-electron chi connectivity index (χ2n) is 5.28. The van der Waals surface area contributed by atoms with Gasteiger partial charge in [0.2, 0.25) is 0 Å². The first-order valence-electron chi connectivity index (χ1n) is 6.81. The first-order valence-corrected chi connectivity index (χ1v) is 7.63. The van der Waals surface area contributed by atoms with Gasteiger partial charge in [-0.3, -0.25) is 13.9 Å². The number of nitriles is 1. The van der Waals surface area contributed by atoms with Gasteiger partial charge in [-0.1, -0.05) is 0 Å². The van der Waals surface area contributed by atoms with E-state index in [1.165, 1.54) is 21.4 Å². The number of rotatable bonds is 3. The van der Waals surface area contributed by atoms with Crippen molar-refractivity contribution in [3.8, 4) is 6.07 Å². The topological polar surface area (TPSA) is 79.8 Å². The van der Waals surface area contributed by atoms with Crippen molar-refractivity contribution in [3.63, 3.8) is 0 Å². The average Bonchev–Trinajstić information content (AvgIpc) is 2.81. The van der Waals surface area contributed by atoms with Crippen molar-refractivity contribution in [2.75, 3.05) is 5.32 Å². The van der Waals surface area contributed by atoms with Crippen LogP contribution in [0.15, 0.2) is 15.7 Å². The van der Waals surface area contributed by atoms with Gasteiger partial charge in [-0.15, -0.1) is 11.3 Å². The molecular formula is C15H18N4O2S. The van der Waals surface area contributed by atoms with E-state index in [1.54, 1.807) is 18.4 Å². The molecule has 0 aliphatic heterocycles. The van der Waals surface area contributed by atoms with E-state index in [4.69, 9.17) is 0 Å². The lowest BCUT2D eigenvalue weighted by molar-refractivity contribution is 0.678. The summed E-state index contributed by atoms with van der Waals surface area (Å²) in [5.41, 5.74) is -0.00369. The number of thiophene rings is 1. The van der Waals surface area contributed by atoms with Gasteiger partial charge in [0.1, 0.15) is 11.9 Å². The molecule has 0 saturated heterocycles. The van der Waals surface area contributed by atoms with Gasteiger partial charge in [0.05, 0.1) is 6.04 Å². The number of hydrogen-bond donors (Lipinski definition) is 1. The largest absolute Gasteiger partial charge is 0.364 e. The van der Waals surface area contributed by atoms with E-state index in [0.717, 1.165) is 10.1 Å². The van der Waals surface area contributed by atoms with E-state index in [2.05, 4.69) is 11.4 Å². The van der Waals surface area contributed by atoms with Crippen molar-refractivity contribution in [1.29, 1.82) is 5.26 Å². The summed E-state index contributed by atoms with van der Waals surface area (Å²) in [6, 6.07) is 3.85. The third kappa shape index (κ3) is 2.57. The second-order valence-corrected chi connectivity index (χ2v) is 6.74. The standard InChI is InChI=1S/C15H18N4O2S/c1-8-6-11(10(3)22-8)9(2)17-13-12(7-16)14(20)19(5)15(21)18(13)4/h6,9,17H,1-5H3/t9-/m0/s1. The lowest BCUT2D eigenvalue weighted by Crippen LogP contribution is -2.40. The third-order valence-electron chi connectivity index (χ3n) is 3.68. The van der Waals surface area contributed by atoms with Crippen LogP contribution in [0.5, 0.6) is 0 Å². The molecule has 2 aromatic rings. The Hall–Kier alpha value is -2.33. The molecule has 0 unspecified atom stereocenters. The monoisotopic (exact) mass is 318 g/mol. The molecule has 2 heterocycles. The fraction of sp³-hybridized carbons (Fsp3) is 0.400. The lowest BCUT2D eigenvalue weighted by atomic mass is 10.1. The first-order chi connectivity index (χ1) is 10.3. The van der Waals surface area contributed by atoms with Crippen molar-refractivity contribution in [1.82, 2.24) is 9.13 Å². The van der Waals surface area contributed by atoms with Crippen LogP contribution in [0.2, 0.25) is 0 Å². The van der Waals surface area contributed by atoms with Crippen molar-refractivity contribution in [3.05, 3.63) is 47.8 Å². The highest BCUT2D eigenvalue weighted by molar-refractivity contribution is 7.12. The number of nitrogens with one attached hydrogen (secondary N) is 1. The van der Waals surface area contributed by atoms with E-state index in [1.807, 2.05) is 26.8 Å². The van der Waals surface area contributed by atoms with Crippen LogP contribution in [0.4, 0.5) is 5.82 Å². The Morgan fingerprint density at radius 2 is 1.91 bits per heavy atom. The zero-order chi connectivity index (χ0) is 16.6. The van der Waals surface area contributed by atoms with Gasteiger partial charge in [-0.2, -0.15) is 5.26 Å². The van der Waals surface area contributed by atoms with Gasteiger partial charge >= 0.3 is 5.69 Å². The zero-order valence-electron chi connectivity index (χ0n) is 13.2. The maximum atomic E-state index is 12.1. The molecular weight excluding hydrogens is 300 g/mol. The quantitative estimate of drug-likeness (QED) is 0.936. The Kier molecular flexibility index (Phi) is 4.24. The fourth-order valence-electron chi connectivity index (χ4n) is 2.48. The molecule has 0 aliphatic carbocycles. The summed E-state index contributed by atoms with van der Waals surface area (Å²) in [7, 11) is 2.91. The zero-order valence-corrected chi connectivity index (χ0v) is 14.0. The molecule has 0 spiro atoms. The fourth-order valence-corrected chi connectivity index (χ4v) is 3.50. The normalized spacial score (nSPS) is 12.0. The van der Waals surface area contributed by atoms with E-state index < -0.39 is 11.2 Å². The second kappa shape index (κ2) is 5.81. The van der Waals surface area contributed by atoms with E-state index in [-0.39, 0.29) is 17.4 Å². The number of nitrogens with zero attached hydrogens (tertiary/aromatic N) is 3. The molecule has 0 amide bonds. The minimum absolute atomic E-state index is 0.0546. The summed E-state index contributed by atoms with van der Waals surface area (Å²) in [4.78, 5) is 26.5. The molecule has 1 N–H and O–H groups in total. The smallest absolute Gasteiger partial charge is 0.332 e. The first kappa shape index (κ1) is 16.0. The maximum absolute atomic E-state index is 12.1. The Balaban J connectivity index is 2.55. The summed E-state index contributed by atoms with van der Waals surface area (Å²) in [5.74, 6) is 0.256. The Bertz CT molecular complexity index is 883. The molecule has 0 saturated carbocycles. The molecule has 22 heavy (non-hydrogen) atoms. The van der Waals surface area contributed by atoms with Crippen molar-refractivity contribution >= 4 is 17.2 Å². The molecule has 0 aromatic carbocycles. The lowest BCUT2D eigenvalue weighted by Gasteiger charge is -2.19. The van der Waals surface area contributed by atoms with E-state index in [9.17, 15) is 14.9 Å². The van der Waals surface area contributed by atoms with Gasteiger partial charge in [-0.25, -0.2) is 4.79 Å². The molecule has 0 radical (unpaired) electrons. The predicted molar refractivity (Wildman–Crippen MR) is 87.5 cm³/mol. The average molecular weight is 318 g/mol. The van der Waals surface area contributed by atoms with Crippen LogP contribution < -0.4 is 16.6 Å².